The van der Waals surface area contributed by atoms with Crippen molar-refractivity contribution in [3.63, 3.8) is 0 Å². The molecule has 1 amide bonds. The molecule has 1 rings (SSSR count). The molecule has 88 valence electrons. The van der Waals surface area contributed by atoms with Gasteiger partial charge in [0.2, 0.25) is 0 Å². The first-order valence-electron chi connectivity index (χ1n) is 4.86. The van der Waals surface area contributed by atoms with Crippen molar-refractivity contribution < 1.29 is 14.7 Å². The molecule has 1 N–H and O–H groups in total. The van der Waals surface area contributed by atoms with Gasteiger partial charge in [-0.2, -0.15) is 0 Å². The van der Waals surface area contributed by atoms with Crippen LogP contribution in [-0.4, -0.2) is 44.1 Å². The van der Waals surface area contributed by atoms with E-state index in [1.54, 1.807) is 0 Å². The normalized spacial score (nSPS) is 12.1. The van der Waals surface area contributed by atoms with Crippen molar-refractivity contribution >= 4 is 23.4 Å². The van der Waals surface area contributed by atoms with Gasteiger partial charge in [0.1, 0.15) is 11.4 Å². The monoisotopic (exact) mass is 243 g/mol. The third-order valence-electron chi connectivity index (χ3n) is 2.26. The van der Waals surface area contributed by atoms with E-state index in [-0.39, 0.29) is 18.5 Å². The lowest BCUT2D eigenvalue weighted by molar-refractivity contribution is -0.138. The lowest BCUT2D eigenvalue weighted by Gasteiger charge is -2.25. The highest BCUT2D eigenvalue weighted by atomic mass is 32.1. The van der Waals surface area contributed by atoms with Gasteiger partial charge in [-0.3, -0.25) is 9.59 Å². The van der Waals surface area contributed by atoms with E-state index in [1.807, 2.05) is 13.8 Å². The highest BCUT2D eigenvalue weighted by Gasteiger charge is 2.24. The number of amides is 1. The van der Waals surface area contributed by atoms with E-state index < -0.39 is 5.97 Å². The summed E-state index contributed by atoms with van der Waals surface area (Å²) in [5.41, 5.74) is 0. The molecule has 7 heteroatoms. The van der Waals surface area contributed by atoms with Gasteiger partial charge in [0.25, 0.3) is 5.91 Å². The second-order valence-corrected chi connectivity index (χ2v) is 4.15. The Balaban J connectivity index is 2.84. The van der Waals surface area contributed by atoms with E-state index in [9.17, 15) is 9.59 Å². The number of carboxylic acid groups (broad SMARTS) is 1. The number of nitrogens with zero attached hydrogens (tertiary/aromatic N) is 3. The molecule has 0 aliphatic rings. The van der Waals surface area contributed by atoms with E-state index >= 15 is 0 Å². The molecule has 16 heavy (non-hydrogen) atoms. The predicted molar refractivity (Wildman–Crippen MR) is 58.3 cm³/mol. The summed E-state index contributed by atoms with van der Waals surface area (Å²) < 4.78 is 3.59. The maximum atomic E-state index is 11.9. The molecule has 1 aromatic rings. The van der Waals surface area contributed by atoms with Crippen LogP contribution < -0.4 is 0 Å². The van der Waals surface area contributed by atoms with Crippen molar-refractivity contribution in [2.45, 2.75) is 26.3 Å². The van der Waals surface area contributed by atoms with Crippen LogP contribution in [0.15, 0.2) is 6.20 Å². The minimum absolute atomic E-state index is 0.120. The predicted octanol–water partition coefficient (Wildman–Crippen LogP) is 0.863. The van der Waals surface area contributed by atoms with Crippen LogP contribution in [0.4, 0.5) is 0 Å². The number of carboxylic acids is 1. The van der Waals surface area contributed by atoms with Crippen molar-refractivity contribution in [2.24, 2.45) is 0 Å². The van der Waals surface area contributed by atoms with Crippen LogP contribution in [0.1, 0.15) is 29.9 Å². The average Bonchev–Trinajstić information content (AvgIpc) is 2.77. The number of hydrogen-bond acceptors (Lipinski definition) is 5. The minimum Gasteiger partial charge on any atom is -0.480 e. The zero-order chi connectivity index (χ0) is 12.1. The van der Waals surface area contributed by atoms with E-state index in [4.69, 9.17) is 5.11 Å². The van der Waals surface area contributed by atoms with Gasteiger partial charge in [0.05, 0.1) is 6.20 Å². The van der Waals surface area contributed by atoms with Crippen molar-refractivity contribution in [3.8, 4) is 0 Å². The van der Waals surface area contributed by atoms with E-state index in [0.717, 1.165) is 11.5 Å². The molecule has 0 aromatic carbocycles. The first-order chi connectivity index (χ1) is 7.56. The standard InChI is InChI=1S/C9H13N3O3S/c1-3-6(2)12(5-8(13)14)9(15)7-4-10-11-16-7/h4,6H,3,5H2,1-2H3,(H,13,14). The Morgan fingerprint density at radius 2 is 2.31 bits per heavy atom. The number of carbonyl (C=O) groups is 2. The Bertz CT molecular complexity index is 366. The van der Waals surface area contributed by atoms with Gasteiger partial charge in [-0.1, -0.05) is 11.4 Å². The summed E-state index contributed by atoms with van der Waals surface area (Å²) >= 11 is 0.969. The summed E-state index contributed by atoms with van der Waals surface area (Å²) in [5, 5.41) is 12.3. The van der Waals surface area contributed by atoms with Crippen molar-refractivity contribution in [1.82, 2.24) is 14.5 Å². The molecule has 0 aliphatic carbocycles. The number of aliphatic carboxylic acids is 1. The minimum atomic E-state index is -1.02. The van der Waals surface area contributed by atoms with Gasteiger partial charge < -0.3 is 10.0 Å². The fourth-order valence-corrected chi connectivity index (χ4v) is 1.67. The van der Waals surface area contributed by atoms with Crippen LogP contribution in [-0.2, 0) is 4.79 Å². The van der Waals surface area contributed by atoms with Gasteiger partial charge in [-0.05, 0) is 24.9 Å². The molecule has 0 radical (unpaired) electrons. The Morgan fingerprint density at radius 3 is 2.75 bits per heavy atom. The van der Waals surface area contributed by atoms with Crippen LogP contribution in [0.5, 0.6) is 0 Å². The molecule has 6 nitrogen and oxygen atoms in total. The SMILES string of the molecule is CCC(C)N(CC(=O)O)C(=O)c1cnns1. The maximum Gasteiger partial charge on any atom is 0.323 e. The summed E-state index contributed by atoms with van der Waals surface area (Å²) in [6.07, 6.45) is 2.05. The highest BCUT2D eigenvalue weighted by molar-refractivity contribution is 7.07. The van der Waals surface area contributed by atoms with Gasteiger partial charge in [-0.15, -0.1) is 5.10 Å². The molecular formula is C9H13N3O3S. The van der Waals surface area contributed by atoms with E-state index in [2.05, 4.69) is 9.59 Å². The molecule has 0 aliphatic heterocycles. The maximum absolute atomic E-state index is 11.9. The average molecular weight is 243 g/mol. The van der Waals surface area contributed by atoms with Crippen LogP contribution in [0.2, 0.25) is 0 Å². The lowest BCUT2D eigenvalue weighted by atomic mass is 10.2. The molecule has 0 bridgehead atoms. The second-order valence-electron chi connectivity index (χ2n) is 3.37. The first-order valence-corrected chi connectivity index (χ1v) is 5.63. The zero-order valence-corrected chi connectivity index (χ0v) is 9.90. The lowest BCUT2D eigenvalue weighted by Crippen LogP contribution is -2.41. The van der Waals surface area contributed by atoms with Crippen LogP contribution in [0, 0.1) is 0 Å². The third-order valence-corrected chi connectivity index (χ3v) is 2.91. The topological polar surface area (TPSA) is 83.4 Å². The van der Waals surface area contributed by atoms with Crippen molar-refractivity contribution in [2.75, 3.05) is 6.54 Å². The van der Waals surface area contributed by atoms with Crippen molar-refractivity contribution in [1.29, 1.82) is 0 Å². The molecule has 0 saturated carbocycles. The molecule has 1 heterocycles. The number of rotatable bonds is 5. The molecule has 0 saturated heterocycles. The molecule has 1 unspecified atom stereocenters. The fourth-order valence-electron chi connectivity index (χ4n) is 1.20. The Kier molecular flexibility index (Phi) is 4.36. The summed E-state index contributed by atoms with van der Waals surface area (Å²) in [6.45, 7) is 3.42. The number of carbonyl (C=O) groups excluding carboxylic acids is 1. The van der Waals surface area contributed by atoms with E-state index in [1.165, 1.54) is 11.1 Å². The second kappa shape index (κ2) is 5.55. The molecule has 1 atom stereocenters. The van der Waals surface area contributed by atoms with Gasteiger partial charge in [0, 0.05) is 6.04 Å². The Morgan fingerprint density at radius 1 is 1.62 bits per heavy atom. The Labute approximate surface area is 97.1 Å². The van der Waals surface area contributed by atoms with Gasteiger partial charge >= 0.3 is 5.97 Å². The van der Waals surface area contributed by atoms with Crippen molar-refractivity contribution in [3.05, 3.63) is 11.1 Å². The zero-order valence-electron chi connectivity index (χ0n) is 9.08. The summed E-state index contributed by atoms with van der Waals surface area (Å²) in [6, 6.07) is -0.120. The van der Waals surface area contributed by atoms with Crippen LogP contribution in [0.3, 0.4) is 0 Å². The summed E-state index contributed by atoms with van der Waals surface area (Å²) in [7, 11) is 0. The third kappa shape index (κ3) is 2.99. The molecule has 1 aromatic heterocycles. The largest absolute Gasteiger partial charge is 0.480 e. The summed E-state index contributed by atoms with van der Waals surface area (Å²) in [5.74, 6) is -1.35. The first kappa shape index (κ1) is 12.6. The van der Waals surface area contributed by atoms with Crippen LogP contribution in [0.25, 0.3) is 0 Å². The van der Waals surface area contributed by atoms with Gasteiger partial charge in [-0.25, -0.2) is 0 Å². The quantitative estimate of drug-likeness (QED) is 0.829. The smallest absolute Gasteiger partial charge is 0.323 e. The summed E-state index contributed by atoms with van der Waals surface area (Å²) in [4.78, 5) is 24.3. The fraction of sp³-hybridized carbons (Fsp3) is 0.556. The highest BCUT2D eigenvalue weighted by Crippen LogP contribution is 2.12. The van der Waals surface area contributed by atoms with Crippen LogP contribution >= 0.6 is 11.5 Å². The molecular weight excluding hydrogens is 230 g/mol. The number of hydrogen-bond donors (Lipinski definition) is 1. The van der Waals surface area contributed by atoms with E-state index in [0.29, 0.717) is 11.3 Å². The molecule has 0 fully saturated rings. The van der Waals surface area contributed by atoms with Gasteiger partial charge in [0.15, 0.2) is 0 Å². The number of aromatic nitrogens is 2. The Hall–Kier alpha value is -1.50. The molecule has 0 spiro atoms.